The molecule has 4 nitrogen and oxygen atoms in total. The molecule has 1 saturated heterocycles. The molecule has 1 aliphatic heterocycles. The minimum Gasteiger partial charge on any atom is -0.370 e. The van der Waals surface area contributed by atoms with Crippen LogP contribution >= 0.6 is 11.8 Å². The van der Waals surface area contributed by atoms with Crippen LogP contribution < -0.4 is 11.1 Å². The smallest absolute Gasteiger partial charge is 0.246 e. The molecular weight excluding hydrogens is 188 g/mol. The van der Waals surface area contributed by atoms with Gasteiger partial charge in [0.15, 0.2) is 0 Å². The zero-order valence-corrected chi connectivity index (χ0v) is 8.44. The van der Waals surface area contributed by atoms with Crippen molar-refractivity contribution in [1.29, 1.82) is 0 Å². The van der Waals surface area contributed by atoms with Crippen LogP contribution in [-0.2, 0) is 9.53 Å². The summed E-state index contributed by atoms with van der Waals surface area (Å²) in [6.07, 6.45) is 1.08. The van der Waals surface area contributed by atoms with E-state index in [-0.39, 0.29) is 12.5 Å². The number of rotatable bonds is 5. The van der Waals surface area contributed by atoms with Crippen molar-refractivity contribution in [2.24, 2.45) is 5.73 Å². The van der Waals surface area contributed by atoms with Gasteiger partial charge in [-0.15, -0.1) is 0 Å². The maximum absolute atomic E-state index is 11.2. The third-order valence-corrected chi connectivity index (χ3v) is 2.95. The average molecular weight is 204 g/mol. The monoisotopic (exact) mass is 204 g/mol. The van der Waals surface area contributed by atoms with Crippen molar-refractivity contribution in [2.45, 2.75) is 12.5 Å². The van der Waals surface area contributed by atoms with Crippen LogP contribution in [0, 0.1) is 0 Å². The van der Waals surface area contributed by atoms with E-state index < -0.39 is 0 Å². The summed E-state index contributed by atoms with van der Waals surface area (Å²) in [5, 5.41) is 2.91. The number of nitrogens with two attached hydrogens (primary N) is 1. The number of carbonyl (C=O) groups is 1. The standard InChI is InChI=1S/C8H16N2O2S/c9-2-3-12-5-8(11)10-7-1-4-13-6-7/h7H,1-6,9H2,(H,10,11). The van der Waals surface area contributed by atoms with Gasteiger partial charge in [-0.05, 0) is 12.2 Å². The minimum atomic E-state index is -0.0269. The van der Waals surface area contributed by atoms with E-state index in [1.165, 1.54) is 0 Å². The molecule has 1 fully saturated rings. The fourth-order valence-corrected chi connectivity index (χ4v) is 2.32. The SMILES string of the molecule is NCCOCC(=O)NC1CCSC1. The van der Waals surface area contributed by atoms with Crippen LogP contribution in [-0.4, -0.2) is 43.2 Å². The Hall–Kier alpha value is -0.260. The Labute approximate surface area is 82.6 Å². The van der Waals surface area contributed by atoms with Gasteiger partial charge in [-0.2, -0.15) is 11.8 Å². The third-order valence-electron chi connectivity index (χ3n) is 1.79. The first kappa shape index (κ1) is 10.8. The van der Waals surface area contributed by atoms with Crippen LogP contribution in [0.25, 0.3) is 0 Å². The maximum Gasteiger partial charge on any atom is 0.246 e. The summed E-state index contributed by atoms with van der Waals surface area (Å²) in [4.78, 5) is 11.2. The topological polar surface area (TPSA) is 64.3 Å². The van der Waals surface area contributed by atoms with E-state index in [1.54, 1.807) is 0 Å². The first-order valence-electron chi connectivity index (χ1n) is 4.48. The van der Waals surface area contributed by atoms with Crippen LogP contribution in [0.1, 0.15) is 6.42 Å². The Morgan fingerprint density at radius 1 is 1.69 bits per heavy atom. The molecule has 0 radical (unpaired) electrons. The van der Waals surface area contributed by atoms with Gasteiger partial charge in [0.25, 0.3) is 0 Å². The van der Waals surface area contributed by atoms with E-state index in [9.17, 15) is 4.79 Å². The van der Waals surface area contributed by atoms with E-state index in [4.69, 9.17) is 10.5 Å². The van der Waals surface area contributed by atoms with Crippen molar-refractivity contribution in [2.75, 3.05) is 31.3 Å². The molecule has 1 aliphatic rings. The largest absolute Gasteiger partial charge is 0.370 e. The summed E-state index contributed by atoms with van der Waals surface area (Å²) < 4.78 is 5.01. The average Bonchev–Trinajstić information content (AvgIpc) is 2.57. The molecule has 0 spiro atoms. The first-order valence-corrected chi connectivity index (χ1v) is 5.63. The summed E-state index contributed by atoms with van der Waals surface area (Å²) in [5.41, 5.74) is 5.22. The molecule has 0 aromatic rings. The van der Waals surface area contributed by atoms with Crippen LogP contribution in [0.2, 0.25) is 0 Å². The Morgan fingerprint density at radius 3 is 3.15 bits per heavy atom. The van der Waals surface area contributed by atoms with Crippen molar-refractivity contribution in [3.05, 3.63) is 0 Å². The fraction of sp³-hybridized carbons (Fsp3) is 0.875. The number of hydrogen-bond acceptors (Lipinski definition) is 4. The van der Waals surface area contributed by atoms with Gasteiger partial charge >= 0.3 is 0 Å². The van der Waals surface area contributed by atoms with Gasteiger partial charge in [0.1, 0.15) is 6.61 Å². The number of ether oxygens (including phenoxy) is 1. The Balaban J connectivity index is 2.02. The molecule has 0 aromatic carbocycles. The van der Waals surface area contributed by atoms with Crippen LogP contribution in [0.15, 0.2) is 0 Å². The molecule has 0 bridgehead atoms. The van der Waals surface area contributed by atoms with Crippen molar-refractivity contribution in [1.82, 2.24) is 5.32 Å². The molecule has 1 rings (SSSR count). The lowest BCUT2D eigenvalue weighted by Gasteiger charge is -2.10. The van der Waals surface area contributed by atoms with E-state index in [2.05, 4.69) is 5.32 Å². The second kappa shape index (κ2) is 6.23. The predicted octanol–water partition coefficient (Wildman–Crippen LogP) is -0.417. The van der Waals surface area contributed by atoms with E-state index >= 15 is 0 Å². The van der Waals surface area contributed by atoms with Crippen LogP contribution in [0.3, 0.4) is 0 Å². The molecule has 13 heavy (non-hydrogen) atoms. The molecule has 3 N–H and O–H groups in total. The van der Waals surface area contributed by atoms with Gasteiger partial charge < -0.3 is 15.8 Å². The van der Waals surface area contributed by atoms with Gasteiger partial charge in [0, 0.05) is 18.3 Å². The Kier molecular flexibility index (Phi) is 5.19. The highest BCUT2D eigenvalue weighted by Gasteiger charge is 2.17. The lowest BCUT2D eigenvalue weighted by molar-refractivity contribution is -0.126. The fourth-order valence-electron chi connectivity index (χ4n) is 1.17. The molecule has 0 aromatic heterocycles. The highest BCUT2D eigenvalue weighted by molar-refractivity contribution is 7.99. The number of amides is 1. The summed E-state index contributed by atoms with van der Waals surface area (Å²) in [6, 6.07) is 0.346. The van der Waals surface area contributed by atoms with Crippen molar-refractivity contribution in [3.63, 3.8) is 0 Å². The number of nitrogens with one attached hydrogen (secondary N) is 1. The van der Waals surface area contributed by atoms with Gasteiger partial charge in [-0.3, -0.25) is 4.79 Å². The molecule has 0 saturated carbocycles. The lowest BCUT2D eigenvalue weighted by atomic mass is 10.2. The van der Waals surface area contributed by atoms with Crippen LogP contribution in [0.5, 0.6) is 0 Å². The minimum absolute atomic E-state index is 0.0269. The van der Waals surface area contributed by atoms with Gasteiger partial charge in [-0.1, -0.05) is 0 Å². The van der Waals surface area contributed by atoms with Gasteiger partial charge in [0.05, 0.1) is 6.61 Å². The molecule has 1 atom stereocenters. The van der Waals surface area contributed by atoms with Gasteiger partial charge in [0.2, 0.25) is 5.91 Å². The molecule has 5 heteroatoms. The Morgan fingerprint density at radius 2 is 2.54 bits per heavy atom. The second-order valence-electron chi connectivity index (χ2n) is 2.97. The molecule has 0 aliphatic carbocycles. The van der Waals surface area contributed by atoms with Crippen molar-refractivity contribution < 1.29 is 9.53 Å². The number of thioether (sulfide) groups is 1. The molecule has 1 heterocycles. The normalized spacial score (nSPS) is 21.8. The second-order valence-corrected chi connectivity index (χ2v) is 4.12. The van der Waals surface area contributed by atoms with Crippen molar-refractivity contribution in [3.8, 4) is 0 Å². The zero-order chi connectivity index (χ0) is 9.52. The lowest BCUT2D eigenvalue weighted by Crippen LogP contribution is -2.37. The molecule has 1 amide bonds. The highest BCUT2D eigenvalue weighted by Crippen LogP contribution is 2.16. The highest BCUT2D eigenvalue weighted by atomic mass is 32.2. The molecule has 1 unspecified atom stereocenters. The summed E-state index contributed by atoms with van der Waals surface area (Å²) in [5.74, 6) is 2.15. The quantitative estimate of drug-likeness (QED) is 0.597. The van der Waals surface area contributed by atoms with E-state index in [1.807, 2.05) is 11.8 Å². The maximum atomic E-state index is 11.2. The van der Waals surface area contributed by atoms with Gasteiger partial charge in [-0.25, -0.2) is 0 Å². The molecule has 76 valence electrons. The predicted molar refractivity (Wildman–Crippen MR) is 53.7 cm³/mol. The first-order chi connectivity index (χ1) is 6.33. The van der Waals surface area contributed by atoms with Crippen LogP contribution in [0.4, 0.5) is 0 Å². The number of carbonyl (C=O) groups excluding carboxylic acids is 1. The summed E-state index contributed by atoms with van der Waals surface area (Å²) >= 11 is 1.88. The molecular formula is C8H16N2O2S. The van der Waals surface area contributed by atoms with Crippen molar-refractivity contribution >= 4 is 17.7 Å². The Bertz CT molecular complexity index is 160. The zero-order valence-electron chi connectivity index (χ0n) is 7.62. The van der Waals surface area contributed by atoms with E-state index in [0.717, 1.165) is 17.9 Å². The third kappa shape index (κ3) is 4.50. The number of hydrogen-bond donors (Lipinski definition) is 2. The summed E-state index contributed by atoms with van der Waals surface area (Å²) in [7, 11) is 0. The summed E-state index contributed by atoms with van der Waals surface area (Å²) in [6.45, 7) is 1.05. The van der Waals surface area contributed by atoms with E-state index in [0.29, 0.717) is 19.2 Å².